The van der Waals surface area contributed by atoms with E-state index in [4.69, 9.17) is 11.6 Å². The molecular weight excluding hydrogens is 372 g/mol. The number of anilines is 1. The summed E-state index contributed by atoms with van der Waals surface area (Å²) in [7, 11) is -3.48. The lowest BCUT2D eigenvalue weighted by molar-refractivity contribution is 0.102. The van der Waals surface area contributed by atoms with Gasteiger partial charge in [0.15, 0.2) is 0 Å². The molecule has 1 fully saturated rings. The van der Waals surface area contributed by atoms with E-state index in [2.05, 4.69) is 5.32 Å². The van der Waals surface area contributed by atoms with Crippen molar-refractivity contribution in [2.75, 3.05) is 18.4 Å². The second kappa shape index (κ2) is 7.78. The molecule has 1 heterocycles. The van der Waals surface area contributed by atoms with Gasteiger partial charge in [-0.05, 0) is 67.8 Å². The summed E-state index contributed by atoms with van der Waals surface area (Å²) in [4.78, 5) is 12.6. The highest BCUT2D eigenvalue weighted by molar-refractivity contribution is 7.89. The van der Waals surface area contributed by atoms with Crippen LogP contribution in [0.5, 0.6) is 0 Å². The third-order valence-electron chi connectivity index (χ3n) is 4.51. The third kappa shape index (κ3) is 4.09. The minimum Gasteiger partial charge on any atom is -0.322 e. The van der Waals surface area contributed by atoms with Crippen molar-refractivity contribution < 1.29 is 13.2 Å². The molecule has 1 aliphatic rings. The molecule has 5 nitrogen and oxygen atoms in total. The highest BCUT2D eigenvalue weighted by atomic mass is 35.5. The average Bonchev–Trinajstić information content (AvgIpc) is 2.64. The Bertz CT molecular complexity index is 905. The molecule has 1 aliphatic heterocycles. The zero-order valence-electron chi connectivity index (χ0n) is 14.5. The van der Waals surface area contributed by atoms with Crippen LogP contribution < -0.4 is 5.32 Å². The Morgan fingerprint density at radius 1 is 1.04 bits per heavy atom. The molecular formula is C19H21ClN2O3S. The molecule has 0 radical (unpaired) electrons. The number of sulfonamides is 1. The fourth-order valence-corrected chi connectivity index (χ4v) is 4.72. The Balaban J connectivity index is 1.79. The summed E-state index contributed by atoms with van der Waals surface area (Å²) in [5.41, 5.74) is 1.77. The summed E-state index contributed by atoms with van der Waals surface area (Å²) in [6.45, 7) is 2.92. The van der Waals surface area contributed by atoms with Crippen LogP contribution in [0.3, 0.4) is 0 Å². The Hall–Kier alpha value is -1.89. The molecule has 0 unspecified atom stereocenters. The van der Waals surface area contributed by atoms with Gasteiger partial charge in [0.2, 0.25) is 10.0 Å². The van der Waals surface area contributed by atoms with Gasteiger partial charge in [0.05, 0.1) is 4.90 Å². The molecule has 0 saturated carbocycles. The summed E-state index contributed by atoms with van der Waals surface area (Å²) in [6, 6.07) is 11.4. The predicted octanol–water partition coefficient (Wildman–Crippen LogP) is 4.08. The van der Waals surface area contributed by atoms with Crippen molar-refractivity contribution in [1.82, 2.24) is 4.31 Å². The molecule has 0 atom stereocenters. The molecule has 26 heavy (non-hydrogen) atoms. The molecule has 0 aromatic heterocycles. The fraction of sp³-hybridized carbons (Fsp3) is 0.316. The monoisotopic (exact) mass is 392 g/mol. The second-order valence-electron chi connectivity index (χ2n) is 6.40. The van der Waals surface area contributed by atoms with Gasteiger partial charge in [-0.25, -0.2) is 8.42 Å². The number of halogens is 1. The molecule has 1 amide bonds. The first kappa shape index (κ1) is 18.9. The number of piperidine rings is 1. The van der Waals surface area contributed by atoms with Crippen LogP contribution in [0.4, 0.5) is 5.69 Å². The molecule has 2 aromatic carbocycles. The fourth-order valence-electron chi connectivity index (χ4n) is 2.99. The number of nitrogens with one attached hydrogen (secondary N) is 1. The van der Waals surface area contributed by atoms with Gasteiger partial charge in [0.1, 0.15) is 0 Å². The van der Waals surface area contributed by atoms with Gasteiger partial charge >= 0.3 is 0 Å². The van der Waals surface area contributed by atoms with Gasteiger partial charge in [0, 0.05) is 29.4 Å². The zero-order valence-corrected chi connectivity index (χ0v) is 16.1. The lowest BCUT2D eigenvalue weighted by Gasteiger charge is -2.26. The van der Waals surface area contributed by atoms with E-state index >= 15 is 0 Å². The molecule has 2 aromatic rings. The van der Waals surface area contributed by atoms with Crippen LogP contribution in [0.15, 0.2) is 47.4 Å². The highest BCUT2D eigenvalue weighted by Gasteiger charge is 2.26. The summed E-state index contributed by atoms with van der Waals surface area (Å²) in [5, 5.41) is 3.37. The van der Waals surface area contributed by atoms with E-state index in [1.807, 2.05) is 0 Å². The van der Waals surface area contributed by atoms with Gasteiger partial charge in [-0.2, -0.15) is 4.31 Å². The minimum atomic E-state index is -3.48. The number of hydrogen-bond donors (Lipinski definition) is 1. The second-order valence-corrected chi connectivity index (χ2v) is 8.78. The lowest BCUT2D eigenvalue weighted by atomic mass is 10.1. The molecule has 7 heteroatoms. The normalized spacial score (nSPS) is 15.6. The van der Waals surface area contributed by atoms with Crippen LogP contribution in [0.1, 0.15) is 35.2 Å². The summed E-state index contributed by atoms with van der Waals surface area (Å²) in [6.07, 6.45) is 2.86. The van der Waals surface area contributed by atoms with Crippen molar-refractivity contribution in [3.05, 3.63) is 58.6 Å². The number of carbonyl (C=O) groups excluding carboxylic acids is 1. The van der Waals surface area contributed by atoms with E-state index < -0.39 is 10.0 Å². The zero-order chi connectivity index (χ0) is 18.7. The molecule has 0 spiro atoms. The Kier molecular flexibility index (Phi) is 5.65. The number of hydrogen-bond acceptors (Lipinski definition) is 3. The first-order valence-electron chi connectivity index (χ1n) is 8.55. The van der Waals surface area contributed by atoms with Crippen molar-refractivity contribution in [2.45, 2.75) is 31.1 Å². The van der Waals surface area contributed by atoms with Crippen LogP contribution in [0, 0.1) is 6.92 Å². The maximum Gasteiger partial charge on any atom is 0.255 e. The first-order valence-corrected chi connectivity index (χ1v) is 10.4. The predicted molar refractivity (Wildman–Crippen MR) is 103 cm³/mol. The lowest BCUT2D eigenvalue weighted by Crippen LogP contribution is -2.35. The number of nitrogens with zero attached hydrogens (tertiary/aromatic N) is 1. The van der Waals surface area contributed by atoms with Crippen LogP contribution in [0.25, 0.3) is 0 Å². The average molecular weight is 393 g/mol. The SMILES string of the molecule is Cc1cc(S(=O)(=O)N2CCCCC2)ccc1NC(=O)c1ccc(Cl)cc1. The number of carbonyl (C=O) groups is 1. The van der Waals surface area contributed by atoms with E-state index in [0.29, 0.717) is 34.9 Å². The van der Waals surface area contributed by atoms with Crippen molar-refractivity contribution >= 4 is 33.2 Å². The van der Waals surface area contributed by atoms with E-state index in [1.165, 1.54) is 4.31 Å². The highest BCUT2D eigenvalue weighted by Crippen LogP contribution is 2.25. The quantitative estimate of drug-likeness (QED) is 0.852. The Morgan fingerprint density at radius 2 is 1.69 bits per heavy atom. The summed E-state index contributed by atoms with van der Waals surface area (Å²) >= 11 is 5.83. The molecule has 138 valence electrons. The summed E-state index contributed by atoms with van der Waals surface area (Å²) < 4.78 is 27.0. The smallest absolute Gasteiger partial charge is 0.255 e. The number of rotatable bonds is 4. The Labute approximate surface area is 159 Å². The van der Waals surface area contributed by atoms with Crippen LogP contribution >= 0.6 is 11.6 Å². The standard InChI is InChI=1S/C19H21ClN2O3S/c1-14-13-17(26(24,25)22-11-3-2-4-12-22)9-10-18(14)21-19(23)15-5-7-16(20)8-6-15/h5-10,13H,2-4,11-12H2,1H3,(H,21,23). The summed E-state index contributed by atoms with van der Waals surface area (Å²) in [5.74, 6) is -0.267. The van der Waals surface area contributed by atoms with Gasteiger partial charge < -0.3 is 5.32 Å². The van der Waals surface area contributed by atoms with E-state index in [0.717, 1.165) is 19.3 Å². The van der Waals surface area contributed by atoms with Gasteiger partial charge in [-0.3, -0.25) is 4.79 Å². The third-order valence-corrected chi connectivity index (χ3v) is 6.65. The largest absolute Gasteiger partial charge is 0.322 e. The number of benzene rings is 2. The number of amides is 1. The Morgan fingerprint density at radius 3 is 2.31 bits per heavy atom. The number of aryl methyl sites for hydroxylation is 1. The molecule has 1 saturated heterocycles. The van der Waals surface area contributed by atoms with Crippen LogP contribution in [0.2, 0.25) is 5.02 Å². The first-order chi connectivity index (χ1) is 12.4. The van der Waals surface area contributed by atoms with Crippen molar-refractivity contribution in [3.8, 4) is 0 Å². The van der Waals surface area contributed by atoms with Crippen molar-refractivity contribution in [1.29, 1.82) is 0 Å². The van der Waals surface area contributed by atoms with E-state index in [-0.39, 0.29) is 10.8 Å². The van der Waals surface area contributed by atoms with Crippen molar-refractivity contribution in [2.24, 2.45) is 0 Å². The van der Waals surface area contributed by atoms with Gasteiger partial charge in [-0.1, -0.05) is 18.0 Å². The van der Waals surface area contributed by atoms with Gasteiger partial charge in [-0.15, -0.1) is 0 Å². The molecule has 0 aliphatic carbocycles. The van der Waals surface area contributed by atoms with Crippen LogP contribution in [-0.4, -0.2) is 31.7 Å². The maximum absolute atomic E-state index is 12.8. The van der Waals surface area contributed by atoms with Crippen LogP contribution in [-0.2, 0) is 10.0 Å². The van der Waals surface area contributed by atoms with Gasteiger partial charge in [0.25, 0.3) is 5.91 Å². The molecule has 0 bridgehead atoms. The molecule has 3 rings (SSSR count). The minimum absolute atomic E-state index is 0.265. The topological polar surface area (TPSA) is 66.5 Å². The van der Waals surface area contributed by atoms with E-state index in [1.54, 1.807) is 49.4 Å². The van der Waals surface area contributed by atoms with E-state index in [9.17, 15) is 13.2 Å². The maximum atomic E-state index is 12.8. The van der Waals surface area contributed by atoms with Crippen molar-refractivity contribution in [3.63, 3.8) is 0 Å². The molecule has 1 N–H and O–H groups in total.